The zero-order chi connectivity index (χ0) is 24.9. The number of ketones is 1. The molecule has 8 atom stereocenters. The molecule has 6 nitrogen and oxygen atoms in total. The van der Waals surface area contributed by atoms with E-state index in [1.54, 1.807) is 18.3 Å². The van der Waals surface area contributed by atoms with Gasteiger partial charge in [-0.25, -0.2) is 0 Å². The van der Waals surface area contributed by atoms with Crippen molar-refractivity contribution in [1.82, 2.24) is 4.98 Å². The highest BCUT2D eigenvalue weighted by Crippen LogP contribution is 2.68. The molecule has 0 radical (unpaired) electrons. The van der Waals surface area contributed by atoms with Gasteiger partial charge in [0.1, 0.15) is 17.6 Å². The van der Waals surface area contributed by atoms with Crippen LogP contribution in [0.3, 0.4) is 0 Å². The minimum absolute atomic E-state index is 0.0443. The molecule has 2 N–H and O–H groups in total. The van der Waals surface area contributed by atoms with Gasteiger partial charge >= 0.3 is 5.97 Å². The van der Waals surface area contributed by atoms with Crippen LogP contribution < -0.4 is 0 Å². The van der Waals surface area contributed by atoms with Gasteiger partial charge in [0.15, 0.2) is 0 Å². The van der Waals surface area contributed by atoms with E-state index in [2.05, 4.69) is 32.3 Å². The van der Waals surface area contributed by atoms with Gasteiger partial charge in [-0.1, -0.05) is 33.8 Å². The predicted molar refractivity (Wildman–Crippen MR) is 131 cm³/mol. The Hall–Kier alpha value is -1.86. The molecule has 0 aromatic carbocycles. The average Bonchev–Trinajstić information content (AvgIpc) is 3.16. The van der Waals surface area contributed by atoms with Crippen LogP contribution in [0.2, 0.25) is 0 Å². The Bertz CT molecular complexity index is 984. The molecule has 4 rings (SSSR count). The van der Waals surface area contributed by atoms with Gasteiger partial charge in [-0.2, -0.15) is 0 Å². The first-order valence-corrected chi connectivity index (χ1v) is 13.3. The molecule has 3 fully saturated rings. The van der Waals surface area contributed by atoms with Crippen LogP contribution in [0.1, 0.15) is 59.8 Å². The van der Waals surface area contributed by atoms with Gasteiger partial charge in [0.25, 0.3) is 0 Å². The SMILES string of the molecule is C=C[C@]1(C)C[C@@H](OC(=O)CSc2cncc(O)c2)[C@@]2(C)C3C(=O)CC[C@@]3(CC[C@H]2C)[C@@H](C)[C@@H]1O. The van der Waals surface area contributed by atoms with Crippen LogP contribution in [0.15, 0.2) is 36.0 Å². The third-order valence-electron chi connectivity index (χ3n) is 9.63. The Kier molecular flexibility index (Phi) is 6.66. The predicted octanol–water partition coefficient (Wildman–Crippen LogP) is 4.79. The molecule has 2 bridgehead atoms. The van der Waals surface area contributed by atoms with Crippen molar-refractivity contribution in [3.05, 3.63) is 31.1 Å². The number of hydrogen-bond acceptors (Lipinski definition) is 7. The number of rotatable bonds is 5. The fourth-order valence-electron chi connectivity index (χ4n) is 7.32. The Morgan fingerprint density at radius 3 is 2.74 bits per heavy atom. The van der Waals surface area contributed by atoms with E-state index in [0.717, 1.165) is 19.3 Å². The summed E-state index contributed by atoms with van der Waals surface area (Å²) in [4.78, 5) is 31.1. The summed E-state index contributed by atoms with van der Waals surface area (Å²) < 4.78 is 6.22. The third kappa shape index (κ3) is 3.89. The smallest absolute Gasteiger partial charge is 0.316 e. The summed E-state index contributed by atoms with van der Waals surface area (Å²) in [6, 6.07) is 1.56. The quantitative estimate of drug-likeness (QED) is 0.350. The highest BCUT2D eigenvalue weighted by atomic mass is 32.2. The van der Waals surface area contributed by atoms with Crippen LogP contribution in [0.25, 0.3) is 0 Å². The van der Waals surface area contributed by atoms with Crippen LogP contribution in [-0.2, 0) is 14.3 Å². The van der Waals surface area contributed by atoms with Crippen molar-refractivity contribution >= 4 is 23.5 Å². The van der Waals surface area contributed by atoms with Crippen molar-refractivity contribution in [2.75, 3.05) is 5.75 Å². The lowest BCUT2D eigenvalue weighted by atomic mass is 9.44. The molecule has 1 heterocycles. The number of Topliss-reactive ketones (excluding diaryl/α,β-unsaturated/α-hetero) is 1. The maximum absolute atomic E-state index is 13.4. The Labute approximate surface area is 206 Å². The standard InChI is InChI=1S/C27H37NO5S/c1-6-25(4)12-21(33-22(31)15-34-19-11-18(29)13-28-14-19)26(5)16(2)7-9-27(17(3)24(25)32)10-8-20(30)23(26)27/h6,11,13-14,16-17,21,23-24,29,32H,1,7-10,12,15H2,2-5H3/t16-,17+,21-,23?,24+,25-,26+,27+/m1/s1. The lowest BCUT2D eigenvalue weighted by Gasteiger charge is -2.61. The molecular formula is C27H37NO5S. The first-order valence-electron chi connectivity index (χ1n) is 12.3. The second-order valence-electron chi connectivity index (χ2n) is 11.2. The summed E-state index contributed by atoms with van der Waals surface area (Å²) in [6.07, 6.45) is 7.13. The maximum Gasteiger partial charge on any atom is 0.316 e. The minimum atomic E-state index is -0.676. The van der Waals surface area contributed by atoms with E-state index in [1.165, 1.54) is 18.0 Å². The van der Waals surface area contributed by atoms with E-state index in [4.69, 9.17) is 4.74 Å². The molecule has 0 spiro atoms. The number of nitrogens with zero attached hydrogens (tertiary/aromatic N) is 1. The van der Waals surface area contributed by atoms with Gasteiger partial charge in [0, 0.05) is 34.3 Å². The van der Waals surface area contributed by atoms with Crippen LogP contribution >= 0.6 is 11.8 Å². The van der Waals surface area contributed by atoms with Crippen LogP contribution in [0.5, 0.6) is 5.75 Å². The van der Waals surface area contributed by atoms with E-state index in [1.807, 2.05) is 6.92 Å². The fourth-order valence-corrected chi connectivity index (χ4v) is 8.01. The molecule has 3 aliphatic rings. The molecule has 0 amide bonds. The number of esters is 1. The number of aromatic nitrogens is 1. The van der Waals surface area contributed by atoms with Gasteiger partial charge in [-0.05, 0) is 49.0 Å². The largest absolute Gasteiger partial charge is 0.506 e. The first kappa shape index (κ1) is 25.2. The zero-order valence-electron chi connectivity index (χ0n) is 20.6. The van der Waals surface area contributed by atoms with Gasteiger partial charge in [0.05, 0.1) is 18.1 Å². The van der Waals surface area contributed by atoms with Crippen molar-refractivity contribution in [3.63, 3.8) is 0 Å². The Balaban J connectivity index is 1.68. The molecule has 1 aromatic heterocycles. The van der Waals surface area contributed by atoms with Crippen LogP contribution in [-0.4, -0.2) is 44.9 Å². The monoisotopic (exact) mass is 487 g/mol. The number of hydrogen-bond donors (Lipinski definition) is 2. The Morgan fingerprint density at radius 2 is 2.06 bits per heavy atom. The molecule has 34 heavy (non-hydrogen) atoms. The molecule has 1 aromatic rings. The number of aliphatic hydroxyl groups is 1. The molecule has 3 aliphatic carbocycles. The number of thioether (sulfide) groups is 1. The van der Waals surface area contributed by atoms with E-state index in [9.17, 15) is 19.8 Å². The molecule has 1 unspecified atom stereocenters. The van der Waals surface area contributed by atoms with E-state index in [0.29, 0.717) is 17.7 Å². The lowest BCUT2D eigenvalue weighted by molar-refractivity contribution is -0.205. The van der Waals surface area contributed by atoms with Gasteiger partial charge in [0.2, 0.25) is 0 Å². The summed E-state index contributed by atoms with van der Waals surface area (Å²) in [5.41, 5.74) is -1.44. The van der Waals surface area contributed by atoms with Crippen molar-refractivity contribution in [1.29, 1.82) is 0 Å². The van der Waals surface area contributed by atoms with E-state index >= 15 is 0 Å². The summed E-state index contributed by atoms with van der Waals surface area (Å²) in [5, 5.41) is 21.2. The summed E-state index contributed by atoms with van der Waals surface area (Å²) >= 11 is 1.26. The molecule has 0 saturated heterocycles. The molecule has 3 saturated carbocycles. The summed E-state index contributed by atoms with van der Waals surface area (Å²) in [6.45, 7) is 12.4. The summed E-state index contributed by atoms with van der Waals surface area (Å²) in [7, 11) is 0. The van der Waals surface area contributed by atoms with Crippen molar-refractivity contribution in [3.8, 4) is 5.75 Å². The van der Waals surface area contributed by atoms with Crippen molar-refractivity contribution < 1.29 is 24.5 Å². The van der Waals surface area contributed by atoms with Gasteiger partial charge in [-0.15, -0.1) is 18.3 Å². The van der Waals surface area contributed by atoms with E-state index < -0.39 is 23.0 Å². The topological polar surface area (TPSA) is 96.7 Å². The lowest BCUT2D eigenvalue weighted by Crippen LogP contribution is -2.63. The molecular weight excluding hydrogens is 450 g/mol. The first-order chi connectivity index (χ1) is 16.0. The fraction of sp³-hybridized carbons (Fsp3) is 0.667. The van der Waals surface area contributed by atoms with Gasteiger partial charge < -0.3 is 14.9 Å². The van der Waals surface area contributed by atoms with Gasteiger partial charge in [-0.3, -0.25) is 14.6 Å². The number of aromatic hydroxyl groups is 1. The number of aliphatic hydroxyl groups excluding tert-OH is 1. The second kappa shape index (κ2) is 8.98. The minimum Gasteiger partial charge on any atom is -0.506 e. The van der Waals surface area contributed by atoms with E-state index in [-0.39, 0.29) is 46.4 Å². The van der Waals surface area contributed by atoms with Crippen molar-refractivity contribution in [2.24, 2.45) is 34.0 Å². The number of carbonyl (C=O) groups excluding carboxylic acids is 2. The number of pyridine rings is 1. The number of carbonyl (C=O) groups is 2. The highest BCUT2D eigenvalue weighted by Gasteiger charge is 2.68. The second-order valence-corrected chi connectivity index (χ2v) is 12.3. The average molecular weight is 488 g/mol. The number of ether oxygens (including phenoxy) is 1. The normalized spacial score (nSPS) is 41.8. The molecule has 186 valence electrons. The third-order valence-corrected chi connectivity index (χ3v) is 10.6. The highest BCUT2D eigenvalue weighted by molar-refractivity contribution is 8.00. The Morgan fingerprint density at radius 1 is 1.32 bits per heavy atom. The molecule has 7 heteroatoms. The van der Waals surface area contributed by atoms with Crippen molar-refractivity contribution in [2.45, 2.75) is 76.9 Å². The maximum atomic E-state index is 13.4. The zero-order valence-corrected chi connectivity index (χ0v) is 21.4. The van der Waals surface area contributed by atoms with Crippen LogP contribution in [0, 0.1) is 34.0 Å². The van der Waals surface area contributed by atoms with Crippen LogP contribution in [0.4, 0.5) is 0 Å². The summed E-state index contributed by atoms with van der Waals surface area (Å²) in [5.74, 6) is -0.0976. The molecule has 0 aliphatic heterocycles.